The highest BCUT2D eigenvalue weighted by atomic mass is 35.5. The van der Waals surface area contributed by atoms with Crippen molar-refractivity contribution in [3.05, 3.63) is 116 Å². The molecule has 4 aromatic rings. The number of pyridine rings is 1. The van der Waals surface area contributed by atoms with Crippen LogP contribution in [0.1, 0.15) is 42.5 Å². The number of aliphatic hydroxyl groups excluding tert-OH is 1. The van der Waals surface area contributed by atoms with E-state index in [1.165, 1.54) is 11.3 Å². The van der Waals surface area contributed by atoms with Crippen molar-refractivity contribution in [3.63, 3.8) is 0 Å². The molecule has 10 heteroatoms. The Morgan fingerprint density at radius 1 is 1.05 bits per heavy atom. The summed E-state index contributed by atoms with van der Waals surface area (Å²) in [6.45, 7) is 3.01. The van der Waals surface area contributed by atoms with Crippen LogP contribution in [-0.2, 0) is 19.5 Å². The number of amides is 2. The van der Waals surface area contributed by atoms with Crippen molar-refractivity contribution in [2.24, 2.45) is 0 Å². The van der Waals surface area contributed by atoms with E-state index in [0.29, 0.717) is 35.7 Å². The van der Waals surface area contributed by atoms with Gasteiger partial charge in [0.05, 0.1) is 23.7 Å². The predicted octanol–water partition coefficient (Wildman–Crippen LogP) is 4.26. The second kappa shape index (κ2) is 14.1. The lowest BCUT2D eigenvalue weighted by molar-refractivity contribution is 0.0784. The van der Waals surface area contributed by atoms with E-state index >= 15 is 0 Å². The van der Waals surface area contributed by atoms with E-state index < -0.39 is 12.1 Å². The molecule has 3 N–H and O–H groups in total. The van der Waals surface area contributed by atoms with Crippen molar-refractivity contribution < 1.29 is 14.7 Å². The van der Waals surface area contributed by atoms with Crippen LogP contribution in [0.4, 0.5) is 0 Å². The molecule has 4 rings (SSSR count). The van der Waals surface area contributed by atoms with Gasteiger partial charge in [0.15, 0.2) is 0 Å². The van der Waals surface area contributed by atoms with Crippen LogP contribution in [0.25, 0.3) is 0 Å². The van der Waals surface area contributed by atoms with Crippen LogP contribution in [0.2, 0.25) is 5.02 Å². The highest BCUT2D eigenvalue weighted by Crippen LogP contribution is 2.15. The van der Waals surface area contributed by atoms with Gasteiger partial charge in [-0.2, -0.15) is 0 Å². The van der Waals surface area contributed by atoms with Gasteiger partial charge in [-0.25, -0.2) is 4.98 Å². The average molecular weight is 578 g/mol. The van der Waals surface area contributed by atoms with Gasteiger partial charge in [-0.05, 0) is 48.7 Å². The second-order valence-corrected chi connectivity index (χ2v) is 11.0. The van der Waals surface area contributed by atoms with Crippen molar-refractivity contribution in [1.82, 2.24) is 25.5 Å². The van der Waals surface area contributed by atoms with Gasteiger partial charge in [-0.1, -0.05) is 48.0 Å². The third kappa shape index (κ3) is 8.43. The zero-order valence-corrected chi connectivity index (χ0v) is 24.0. The standard InChI is InChI=1S/C30H32ClN5O3S/c1-20-19-40-28(34-20)18-36(2)30(39)24-10-6-9-23(13-24)29(38)35-26(12-21-7-4-3-5-8-21)27(37)17-33-15-22-11-25(31)16-32-14-22/h3-11,13-14,16,19,26-27,33,37H,12,15,17-18H2,1-2H3,(H,35,38)/t26-,27+/m0/s1. The van der Waals surface area contributed by atoms with Crippen molar-refractivity contribution in [2.75, 3.05) is 13.6 Å². The summed E-state index contributed by atoms with van der Waals surface area (Å²) >= 11 is 7.52. The molecule has 0 aliphatic heterocycles. The van der Waals surface area contributed by atoms with E-state index in [0.717, 1.165) is 21.8 Å². The number of hydrogen-bond donors (Lipinski definition) is 3. The van der Waals surface area contributed by atoms with E-state index in [1.807, 2.05) is 42.6 Å². The molecule has 0 bridgehead atoms. The molecule has 40 heavy (non-hydrogen) atoms. The first-order valence-corrected chi connectivity index (χ1v) is 14.1. The molecule has 2 heterocycles. The molecule has 0 spiro atoms. The Hall–Kier alpha value is -3.63. The average Bonchev–Trinajstić information content (AvgIpc) is 3.37. The first-order chi connectivity index (χ1) is 19.3. The minimum atomic E-state index is -0.881. The van der Waals surface area contributed by atoms with Crippen molar-refractivity contribution in [3.8, 4) is 0 Å². The molecule has 0 radical (unpaired) electrons. The fourth-order valence-electron chi connectivity index (χ4n) is 4.23. The molecule has 8 nitrogen and oxygen atoms in total. The molecule has 2 aromatic carbocycles. The minimum Gasteiger partial charge on any atom is -0.390 e. The molecule has 0 unspecified atom stereocenters. The lowest BCUT2D eigenvalue weighted by Gasteiger charge is -2.25. The van der Waals surface area contributed by atoms with Gasteiger partial charge in [0, 0.05) is 54.7 Å². The SMILES string of the molecule is Cc1csc(CN(C)C(=O)c2cccc(C(=O)N[C@@H](Cc3ccccc3)[C@H](O)CNCc3cncc(Cl)c3)c2)n1. The van der Waals surface area contributed by atoms with Gasteiger partial charge in [0.25, 0.3) is 11.8 Å². The number of thiazole rings is 1. The lowest BCUT2D eigenvalue weighted by Crippen LogP contribution is -2.48. The summed E-state index contributed by atoms with van der Waals surface area (Å²) < 4.78 is 0. The predicted molar refractivity (Wildman–Crippen MR) is 157 cm³/mol. The highest BCUT2D eigenvalue weighted by molar-refractivity contribution is 7.09. The summed E-state index contributed by atoms with van der Waals surface area (Å²) in [7, 11) is 1.71. The van der Waals surface area contributed by atoms with Crippen molar-refractivity contribution in [2.45, 2.75) is 38.6 Å². The van der Waals surface area contributed by atoms with Crippen molar-refractivity contribution >= 4 is 34.8 Å². The fraction of sp³-hybridized carbons (Fsp3) is 0.267. The number of benzene rings is 2. The van der Waals surface area contributed by atoms with Gasteiger partial charge in [-0.3, -0.25) is 14.6 Å². The Morgan fingerprint density at radius 3 is 2.55 bits per heavy atom. The molecule has 2 atom stereocenters. The number of rotatable bonds is 12. The number of aryl methyl sites for hydroxylation is 1. The smallest absolute Gasteiger partial charge is 0.253 e. The van der Waals surface area contributed by atoms with Gasteiger partial charge in [0.1, 0.15) is 5.01 Å². The lowest BCUT2D eigenvalue weighted by atomic mass is 10.00. The van der Waals surface area contributed by atoms with Crippen LogP contribution >= 0.6 is 22.9 Å². The first kappa shape index (κ1) is 29.4. The third-order valence-corrected chi connectivity index (χ3v) is 7.44. The van der Waals surface area contributed by atoms with Crippen LogP contribution in [0.3, 0.4) is 0 Å². The number of nitrogens with one attached hydrogen (secondary N) is 2. The summed E-state index contributed by atoms with van der Waals surface area (Å²) in [6, 6.07) is 17.5. The number of hydrogen-bond acceptors (Lipinski definition) is 7. The van der Waals surface area contributed by atoms with Gasteiger partial charge >= 0.3 is 0 Å². The summed E-state index contributed by atoms with van der Waals surface area (Å²) in [6.07, 6.45) is 2.82. The van der Waals surface area contributed by atoms with Gasteiger partial charge in [0.2, 0.25) is 0 Å². The van der Waals surface area contributed by atoms with E-state index in [1.54, 1.807) is 54.7 Å². The zero-order chi connectivity index (χ0) is 28.5. The Kier molecular flexibility index (Phi) is 10.4. The van der Waals surface area contributed by atoms with E-state index in [-0.39, 0.29) is 18.4 Å². The molecule has 0 saturated carbocycles. The van der Waals surface area contributed by atoms with Gasteiger partial charge in [-0.15, -0.1) is 11.3 Å². The molecule has 0 saturated heterocycles. The zero-order valence-electron chi connectivity index (χ0n) is 22.4. The number of carbonyl (C=O) groups excluding carboxylic acids is 2. The number of carbonyl (C=O) groups is 2. The second-order valence-electron chi connectivity index (χ2n) is 9.60. The largest absolute Gasteiger partial charge is 0.390 e. The van der Waals surface area contributed by atoms with Gasteiger partial charge < -0.3 is 20.6 Å². The third-order valence-electron chi connectivity index (χ3n) is 6.28. The molecular weight excluding hydrogens is 546 g/mol. The van der Waals surface area contributed by atoms with Crippen LogP contribution in [0, 0.1) is 6.92 Å². The Balaban J connectivity index is 1.42. The first-order valence-electron chi connectivity index (χ1n) is 12.9. The van der Waals surface area contributed by atoms with Crippen LogP contribution < -0.4 is 10.6 Å². The van der Waals surface area contributed by atoms with E-state index in [4.69, 9.17) is 11.6 Å². The van der Waals surface area contributed by atoms with Crippen LogP contribution in [-0.4, -0.2) is 57.5 Å². The quantitative estimate of drug-likeness (QED) is 0.232. The normalized spacial score (nSPS) is 12.5. The fourth-order valence-corrected chi connectivity index (χ4v) is 5.25. The molecule has 0 aliphatic carbocycles. The van der Waals surface area contributed by atoms with E-state index in [2.05, 4.69) is 20.6 Å². The number of halogens is 1. The van der Waals surface area contributed by atoms with Crippen molar-refractivity contribution in [1.29, 1.82) is 0 Å². The Labute approximate surface area is 243 Å². The maximum absolute atomic E-state index is 13.3. The molecule has 2 aromatic heterocycles. The Bertz CT molecular complexity index is 1430. The summed E-state index contributed by atoms with van der Waals surface area (Å²) in [5.74, 6) is -0.574. The number of nitrogens with zero attached hydrogens (tertiary/aromatic N) is 3. The molecule has 2 amide bonds. The maximum atomic E-state index is 13.3. The summed E-state index contributed by atoms with van der Waals surface area (Å²) in [5, 5.41) is 20.6. The highest BCUT2D eigenvalue weighted by Gasteiger charge is 2.23. The topological polar surface area (TPSA) is 107 Å². The van der Waals surface area contributed by atoms with Crippen LogP contribution in [0.5, 0.6) is 0 Å². The molecule has 0 aliphatic rings. The van der Waals surface area contributed by atoms with Crippen LogP contribution in [0.15, 0.2) is 78.4 Å². The molecule has 208 valence electrons. The maximum Gasteiger partial charge on any atom is 0.253 e. The number of aliphatic hydroxyl groups is 1. The summed E-state index contributed by atoms with van der Waals surface area (Å²) in [5.41, 5.74) is 3.53. The summed E-state index contributed by atoms with van der Waals surface area (Å²) in [4.78, 5) is 36.5. The van der Waals surface area contributed by atoms with E-state index in [9.17, 15) is 14.7 Å². The Morgan fingerprint density at radius 2 is 1.82 bits per heavy atom. The minimum absolute atomic E-state index is 0.205. The molecule has 0 fully saturated rings. The molecular formula is C30H32ClN5O3S. The monoisotopic (exact) mass is 577 g/mol. The number of aromatic nitrogens is 2.